The van der Waals surface area contributed by atoms with Crippen LogP contribution in [0.25, 0.3) is 0 Å². The van der Waals surface area contributed by atoms with E-state index in [9.17, 15) is 4.79 Å². The largest absolute Gasteiger partial charge is 0.462 e. The summed E-state index contributed by atoms with van der Waals surface area (Å²) in [6.07, 6.45) is 2.85. The van der Waals surface area contributed by atoms with Crippen LogP contribution in [0.1, 0.15) is 37.0 Å². The van der Waals surface area contributed by atoms with Crippen molar-refractivity contribution in [3.05, 3.63) is 23.9 Å². The number of hydrogen-bond donors (Lipinski definition) is 2. The van der Waals surface area contributed by atoms with Gasteiger partial charge in [0, 0.05) is 12.7 Å². The van der Waals surface area contributed by atoms with E-state index in [-0.39, 0.29) is 12.1 Å². The zero-order valence-corrected chi connectivity index (χ0v) is 10.8. The predicted molar refractivity (Wildman–Crippen MR) is 69.6 cm³/mol. The van der Waals surface area contributed by atoms with E-state index < -0.39 is 0 Å². The number of nitrogens with zero attached hydrogens (tertiary/aromatic N) is 1. The van der Waals surface area contributed by atoms with E-state index in [1.54, 1.807) is 26.0 Å². The highest BCUT2D eigenvalue weighted by Crippen LogP contribution is 2.07. The quantitative estimate of drug-likeness (QED) is 0.572. The van der Waals surface area contributed by atoms with Gasteiger partial charge in [0.1, 0.15) is 5.82 Å². The monoisotopic (exact) mass is 252 g/mol. The fraction of sp³-hybridized carbons (Fsp3) is 0.538. The lowest BCUT2D eigenvalue weighted by Gasteiger charge is -2.07. The van der Waals surface area contributed by atoms with Gasteiger partial charge in [-0.1, -0.05) is 0 Å². The van der Waals surface area contributed by atoms with Crippen LogP contribution in [0.4, 0.5) is 5.82 Å². The van der Waals surface area contributed by atoms with Gasteiger partial charge in [0.15, 0.2) is 0 Å². The Hall–Kier alpha value is -1.62. The van der Waals surface area contributed by atoms with Crippen molar-refractivity contribution in [1.82, 2.24) is 4.98 Å². The molecular weight excluding hydrogens is 232 g/mol. The van der Waals surface area contributed by atoms with Gasteiger partial charge in [-0.25, -0.2) is 9.78 Å². The van der Waals surface area contributed by atoms with Gasteiger partial charge in [0.2, 0.25) is 0 Å². The van der Waals surface area contributed by atoms with E-state index >= 15 is 0 Å². The third kappa shape index (κ3) is 5.14. The third-order valence-corrected chi connectivity index (χ3v) is 2.38. The second-order valence-electron chi connectivity index (χ2n) is 4.07. The Balaban J connectivity index is 2.38. The van der Waals surface area contributed by atoms with Crippen molar-refractivity contribution in [1.29, 1.82) is 0 Å². The molecule has 5 nitrogen and oxygen atoms in total. The van der Waals surface area contributed by atoms with E-state index in [2.05, 4.69) is 10.3 Å². The molecule has 1 atom stereocenters. The first-order chi connectivity index (χ1) is 8.63. The molecule has 0 spiro atoms. The minimum Gasteiger partial charge on any atom is -0.462 e. The molecule has 1 heterocycles. The first kappa shape index (κ1) is 14.4. The normalized spacial score (nSPS) is 11.9. The summed E-state index contributed by atoms with van der Waals surface area (Å²) in [5.74, 6) is 0.360. The molecule has 1 aromatic heterocycles. The molecule has 0 bridgehead atoms. The van der Waals surface area contributed by atoms with Crippen molar-refractivity contribution < 1.29 is 14.6 Å². The Morgan fingerprint density at radius 3 is 2.89 bits per heavy atom. The van der Waals surface area contributed by atoms with Crippen molar-refractivity contribution >= 4 is 11.8 Å². The third-order valence-electron chi connectivity index (χ3n) is 2.38. The molecular formula is C13H20N2O3. The van der Waals surface area contributed by atoms with Gasteiger partial charge in [0.25, 0.3) is 0 Å². The summed E-state index contributed by atoms with van der Waals surface area (Å²) in [5.41, 5.74) is 0.450. The maximum atomic E-state index is 11.4. The topological polar surface area (TPSA) is 71.5 Å². The number of aliphatic hydroxyl groups is 1. The van der Waals surface area contributed by atoms with E-state index in [0.717, 1.165) is 19.4 Å². The number of pyridine rings is 1. The molecule has 1 aromatic rings. The number of esters is 1. The average Bonchev–Trinajstić information content (AvgIpc) is 2.35. The van der Waals surface area contributed by atoms with E-state index in [0.29, 0.717) is 18.0 Å². The summed E-state index contributed by atoms with van der Waals surface area (Å²) in [7, 11) is 0. The highest BCUT2D eigenvalue weighted by molar-refractivity contribution is 5.89. The van der Waals surface area contributed by atoms with Crippen LogP contribution in [0.2, 0.25) is 0 Å². The smallest absolute Gasteiger partial charge is 0.339 e. The maximum absolute atomic E-state index is 11.4. The number of carbonyl (C=O) groups is 1. The zero-order valence-electron chi connectivity index (χ0n) is 10.8. The summed E-state index contributed by atoms with van der Waals surface area (Å²) in [4.78, 5) is 15.5. The molecule has 5 heteroatoms. The average molecular weight is 252 g/mol. The second kappa shape index (κ2) is 7.66. The van der Waals surface area contributed by atoms with Gasteiger partial charge in [-0.15, -0.1) is 0 Å². The summed E-state index contributed by atoms with van der Waals surface area (Å²) < 4.78 is 4.87. The Kier molecular flexibility index (Phi) is 6.14. The minimum absolute atomic E-state index is 0.272. The van der Waals surface area contributed by atoms with Crippen molar-refractivity contribution in [3.63, 3.8) is 0 Å². The van der Waals surface area contributed by atoms with Crippen molar-refractivity contribution in [2.24, 2.45) is 0 Å². The molecule has 0 radical (unpaired) electrons. The number of carbonyl (C=O) groups excluding carboxylic acids is 1. The van der Waals surface area contributed by atoms with Crippen molar-refractivity contribution in [2.75, 3.05) is 18.5 Å². The predicted octanol–water partition coefficient (Wildman–Crippen LogP) is 1.83. The van der Waals surface area contributed by atoms with Gasteiger partial charge >= 0.3 is 5.97 Å². The minimum atomic E-state index is -0.356. The molecule has 0 aliphatic rings. The number of aromatic nitrogens is 1. The summed E-state index contributed by atoms with van der Waals surface area (Å²) in [6.45, 7) is 4.64. The number of anilines is 1. The Morgan fingerprint density at radius 1 is 1.56 bits per heavy atom. The molecule has 0 amide bonds. The summed E-state index contributed by atoms with van der Waals surface area (Å²) >= 11 is 0. The van der Waals surface area contributed by atoms with Crippen molar-refractivity contribution in [3.8, 4) is 0 Å². The SMILES string of the molecule is CCOC(=O)c1ccc(NCCCC(C)O)nc1. The lowest BCUT2D eigenvalue weighted by atomic mass is 10.2. The summed E-state index contributed by atoms with van der Waals surface area (Å²) in [5, 5.41) is 12.2. The van der Waals surface area contributed by atoms with E-state index in [1.165, 1.54) is 6.20 Å². The molecule has 100 valence electrons. The van der Waals surface area contributed by atoms with Crippen LogP contribution < -0.4 is 5.32 Å². The lowest BCUT2D eigenvalue weighted by Crippen LogP contribution is -2.09. The van der Waals surface area contributed by atoms with Crippen LogP contribution in [-0.2, 0) is 4.74 Å². The summed E-state index contributed by atoms with van der Waals surface area (Å²) in [6, 6.07) is 3.43. The van der Waals surface area contributed by atoms with Crippen LogP contribution in [0, 0.1) is 0 Å². The second-order valence-corrected chi connectivity index (χ2v) is 4.07. The molecule has 0 aromatic carbocycles. The lowest BCUT2D eigenvalue weighted by molar-refractivity contribution is 0.0526. The number of rotatable bonds is 7. The van der Waals surface area contributed by atoms with Crippen LogP contribution in [0.5, 0.6) is 0 Å². The molecule has 0 aliphatic carbocycles. The Bertz CT molecular complexity index is 363. The number of hydrogen-bond acceptors (Lipinski definition) is 5. The van der Waals surface area contributed by atoms with Crippen molar-refractivity contribution in [2.45, 2.75) is 32.8 Å². The highest BCUT2D eigenvalue weighted by atomic mass is 16.5. The fourth-order valence-corrected chi connectivity index (χ4v) is 1.45. The molecule has 0 aliphatic heterocycles. The van der Waals surface area contributed by atoms with Crippen LogP contribution >= 0.6 is 0 Å². The molecule has 18 heavy (non-hydrogen) atoms. The van der Waals surface area contributed by atoms with Gasteiger partial charge < -0.3 is 15.2 Å². The maximum Gasteiger partial charge on any atom is 0.339 e. The van der Waals surface area contributed by atoms with Crippen LogP contribution in [0.15, 0.2) is 18.3 Å². The standard InChI is InChI=1S/C13H20N2O3/c1-3-18-13(17)11-6-7-12(15-9-11)14-8-4-5-10(2)16/h6-7,9-10,16H,3-5,8H2,1-2H3,(H,14,15). The Morgan fingerprint density at radius 2 is 2.33 bits per heavy atom. The first-order valence-electron chi connectivity index (χ1n) is 6.18. The fourth-order valence-electron chi connectivity index (χ4n) is 1.45. The molecule has 1 unspecified atom stereocenters. The van der Waals surface area contributed by atoms with Gasteiger partial charge in [-0.05, 0) is 38.8 Å². The van der Waals surface area contributed by atoms with Gasteiger partial charge in [-0.2, -0.15) is 0 Å². The highest BCUT2D eigenvalue weighted by Gasteiger charge is 2.06. The van der Waals surface area contributed by atoms with Gasteiger partial charge in [-0.3, -0.25) is 0 Å². The number of nitrogens with one attached hydrogen (secondary N) is 1. The number of ether oxygens (including phenoxy) is 1. The molecule has 0 fully saturated rings. The van der Waals surface area contributed by atoms with E-state index in [4.69, 9.17) is 9.84 Å². The molecule has 0 saturated carbocycles. The van der Waals surface area contributed by atoms with E-state index in [1.807, 2.05) is 0 Å². The first-order valence-corrected chi connectivity index (χ1v) is 6.18. The van der Waals surface area contributed by atoms with Crippen LogP contribution in [0.3, 0.4) is 0 Å². The van der Waals surface area contributed by atoms with Crippen LogP contribution in [-0.4, -0.2) is 35.3 Å². The molecule has 1 rings (SSSR count). The molecule has 2 N–H and O–H groups in total. The van der Waals surface area contributed by atoms with Gasteiger partial charge in [0.05, 0.1) is 18.3 Å². The Labute approximate surface area is 107 Å². The zero-order chi connectivity index (χ0) is 13.4. The number of aliphatic hydroxyl groups excluding tert-OH is 1. The molecule has 0 saturated heterocycles.